The zero-order valence-electron chi connectivity index (χ0n) is 12.1. The predicted octanol–water partition coefficient (Wildman–Crippen LogP) is 1.70. The minimum absolute atomic E-state index is 0.324. The summed E-state index contributed by atoms with van der Waals surface area (Å²) in [4.78, 5) is 12.2. The fourth-order valence-corrected chi connectivity index (χ4v) is 2.90. The molecule has 0 bridgehead atoms. The van der Waals surface area contributed by atoms with Crippen molar-refractivity contribution < 1.29 is 19.4 Å². The minimum atomic E-state index is -1.55. The molecule has 112 valence electrons. The number of amides is 1. The molecule has 0 aromatic heterocycles. The van der Waals surface area contributed by atoms with Crippen molar-refractivity contribution in [3.8, 4) is 11.5 Å². The van der Waals surface area contributed by atoms with Crippen LogP contribution in [0.25, 0.3) is 0 Å². The van der Waals surface area contributed by atoms with Crippen molar-refractivity contribution >= 4 is 5.91 Å². The Bertz CT molecular complexity index is 769. The van der Waals surface area contributed by atoms with Crippen LogP contribution in [0, 0.1) is 6.92 Å². The van der Waals surface area contributed by atoms with Gasteiger partial charge in [-0.05, 0) is 19.1 Å². The van der Waals surface area contributed by atoms with Gasteiger partial charge in [-0.15, -0.1) is 0 Å². The van der Waals surface area contributed by atoms with Gasteiger partial charge in [0.2, 0.25) is 0 Å². The van der Waals surface area contributed by atoms with Gasteiger partial charge >= 0.3 is 0 Å². The molecule has 1 amide bonds. The molecule has 2 aromatic rings. The maximum atomic E-state index is 12.2. The van der Waals surface area contributed by atoms with Gasteiger partial charge in [-0.25, -0.2) is 0 Å². The highest BCUT2D eigenvalue weighted by Crippen LogP contribution is 2.42. The largest absolute Gasteiger partial charge is 0.486 e. The van der Waals surface area contributed by atoms with Gasteiger partial charge in [0.05, 0.1) is 5.56 Å². The first-order valence-electron chi connectivity index (χ1n) is 7.14. The van der Waals surface area contributed by atoms with E-state index in [2.05, 4.69) is 5.32 Å². The third-order valence-corrected chi connectivity index (χ3v) is 4.08. The Morgan fingerprint density at radius 3 is 2.41 bits per heavy atom. The lowest BCUT2D eigenvalue weighted by molar-refractivity contribution is 0.0473. The summed E-state index contributed by atoms with van der Waals surface area (Å²) < 4.78 is 11.1. The van der Waals surface area contributed by atoms with Gasteiger partial charge in [-0.3, -0.25) is 4.79 Å². The second-order valence-electron chi connectivity index (χ2n) is 5.57. The summed E-state index contributed by atoms with van der Waals surface area (Å²) in [5.41, 5.74) is 1.05. The van der Waals surface area contributed by atoms with Crippen molar-refractivity contribution in [2.75, 3.05) is 13.2 Å². The SMILES string of the molecule is Cc1ccc([C@@]2(O)NC(=O)c3cc4c(cc32)OCCO4)cc1. The number of carbonyl (C=O) groups is 1. The van der Waals surface area contributed by atoms with Crippen molar-refractivity contribution in [3.63, 3.8) is 0 Å². The zero-order valence-corrected chi connectivity index (χ0v) is 12.1. The number of ether oxygens (including phenoxy) is 2. The number of benzene rings is 2. The van der Waals surface area contributed by atoms with Crippen LogP contribution in [0.1, 0.15) is 27.0 Å². The highest BCUT2D eigenvalue weighted by atomic mass is 16.6. The molecular formula is C17H15NO4. The molecular weight excluding hydrogens is 282 g/mol. The summed E-state index contributed by atoms with van der Waals surface area (Å²) in [5.74, 6) is 0.760. The van der Waals surface area contributed by atoms with Gasteiger partial charge < -0.3 is 19.9 Å². The summed E-state index contributed by atoms with van der Waals surface area (Å²) in [7, 11) is 0. The average Bonchev–Trinajstić information content (AvgIpc) is 2.78. The van der Waals surface area contributed by atoms with Crippen LogP contribution in [0.15, 0.2) is 36.4 Å². The molecule has 5 heteroatoms. The Kier molecular flexibility index (Phi) is 2.68. The van der Waals surface area contributed by atoms with E-state index < -0.39 is 5.72 Å². The van der Waals surface area contributed by atoms with E-state index in [1.165, 1.54) is 0 Å². The maximum Gasteiger partial charge on any atom is 0.254 e. The van der Waals surface area contributed by atoms with Crippen LogP contribution in [-0.2, 0) is 5.72 Å². The first kappa shape index (κ1) is 13.2. The molecule has 2 heterocycles. The highest BCUT2D eigenvalue weighted by molar-refractivity contribution is 6.01. The number of aryl methyl sites for hydroxylation is 1. The number of hydrogen-bond acceptors (Lipinski definition) is 4. The van der Waals surface area contributed by atoms with Gasteiger partial charge in [-0.2, -0.15) is 0 Å². The Hall–Kier alpha value is -2.53. The molecule has 0 unspecified atom stereocenters. The van der Waals surface area contributed by atoms with Crippen molar-refractivity contribution in [1.29, 1.82) is 0 Å². The topological polar surface area (TPSA) is 67.8 Å². The van der Waals surface area contributed by atoms with Gasteiger partial charge in [0.25, 0.3) is 5.91 Å². The van der Waals surface area contributed by atoms with Crippen LogP contribution in [0.2, 0.25) is 0 Å². The number of aliphatic hydroxyl groups is 1. The van der Waals surface area contributed by atoms with E-state index in [0.717, 1.165) is 5.56 Å². The fourth-order valence-electron chi connectivity index (χ4n) is 2.90. The highest BCUT2D eigenvalue weighted by Gasteiger charge is 2.44. The number of fused-ring (bicyclic) bond motifs is 2. The van der Waals surface area contributed by atoms with Gasteiger partial charge in [0.1, 0.15) is 13.2 Å². The van der Waals surface area contributed by atoms with E-state index in [1.54, 1.807) is 12.1 Å². The molecule has 0 spiro atoms. The Balaban J connectivity index is 1.88. The Morgan fingerprint density at radius 2 is 1.73 bits per heavy atom. The van der Waals surface area contributed by atoms with E-state index in [-0.39, 0.29) is 5.91 Å². The number of rotatable bonds is 1. The molecule has 1 atom stereocenters. The lowest BCUT2D eigenvalue weighted by atomic mass is 9.93. The number of carbonyl (C=O) groups excluding carboxylic acids is 1. The second kappa shape index (κ2) is 4.48. The molecule has 0 aliphatic carbocycles. The molecule has 4 rings (SSSR count). The lowest BCUT2D eigenvalue weighted by Crippen LogP contribution is -2.40. The smallest absolute Gasteiger partial charge is 0.254 e. The van der Waals surface area contributed by atoms with Crippen LogP contribution >= 0.6 is 0 Å². The van der Waals surface area contributed by atoms with Crippen molar-refractivity contribution in [2.24, 2.45) is 0 Å². The fraction of sp³-hybridized carbons (Fsp3) is 0.235. The Morgan fingerprint density at radius 1 is 1.09 bits per heavy atom. The van der Waals surface area contributed by atoms with Gasteiger partial charge in [-0.1, -0.05) is 29.8 Å². The molecule has 0 saturated heterocycles. The van der Waals surface area contributed by atoms with Crippen molar-refractivity contribution in [1.82, 2.24) is 5.32 Å². The summed E-state index contributed by atoms with van der Waals surface area (Å²) in [6, 6.07) is 10.7. The van der Waals surface area contributed by atoms with E-state index in [9.17, 15) is 9.90 Å². The molecule has 2 aliphatic heterocycles. The monoisotopic (exact) mass is 297 g/mol. The van der Waals surface area contributed by atoms with E-state index in [1.807, 2.05) is 31.2 Å². The molecule has 2 aliphatic rings. The Labute approximate surface area is 127 Å². The molecule has 0 radical (unpaired) electrons. The molecule has 22 heavy (non-hydrogen) atoms. The molecule has 2 N–H and O–H groups in total. The van der Waals surface area contributed by atoms with E-state index >= 15 is 0 Å². The number of nitrogens with one attached hydrogen (secondary N) is 1. The maximum absolute atomic E-state index is 12.2. The zero-order chi connectivity index (χ0) is 15.3. The second-order valence-corrected chi connectivity index (χ2v) is 5.57. The average molecular weight is 297 g/mol. The summed E-state index contributed by atoms with van der Waals surface area (Å²) in [5, 5.41) is 13.7. The van der Waals surface area contributed by atoms with Crippen molar-refractivity contribution in [3.05, 3.63) is 58.7 Å². The normalized spacial score (nSPS) is 22.2. The lowest BCUT2D eigenvalue weighted by Gasteiger charge is -2.26. The van der Waals surface area contributed by atoms with E-state index in [4.69, 9.17) is 9.47 Å². The minimum Gasteiger partial charge on any atom is -0.486 e. The summed E-state index contributed by atoms with van der Waals surface area (Å²) in [6.07, 6.45) is 0. The van der Waals surface area contributed by atoms with Crippen molar-refractivity contribution in [2.45, 2.75) is 12.6 Å². The first-order chi connectivity index (χ1) is 10.6. The van der Waals surface area contributed by atoms with Crippen LogP contribution in [0.5, 0.6) is 11.5 Å². The molecule has 0 fully saturated rings. The predicted molar refractivity (Wildman–Crippen MR) is 79.1 cm³/mol. The van der Waals surface area contributed by atoms with E-state index in [0.29, 0.717) is 41.4 Å². The standard InChI is InChI=1S/C17H15NO4/c1-10-2-4-11(5-3-10)17(20)13-9-15-14(21-6-7-22-15)8-12(13)16(19)18-17/h2-5,8-9,20H,6-7H2,1H3,(H,18,19)/t17-/m0/s1. The molecule has 0 saturated carbocycles. The quantitative estimate of drug-likeness (QED) is 0.841. The van der Waals surface area contributed by atoms with Gasteiger partial charge in [0, 0.05) is 11.1 Å². The summed E-state index contributed by atoms with van der Waals surface area (Å²) >= 11 is 0. The summed E-state index contributed by atoms with van der Waals surface area (Å²) in [6.45, 7) is 2.88. The first-order valence-corrected chi connectivity index (χ1v) is 7.14. The number of hydrogen-bond donors (Lipinski definition) is 2. The third-order valence-electron chi connectivity index (χ3n) is 4.08. The van der Waals surface area contributed by atoms with Gasteiger partial charge in [0.15, 0.2) is 17.2 Å². The van der Waals surface area contributed by atoms with Crippen LogP contribution in [0.4, 0.5) is 0 Å². The van der Waals surface area contributed by atoms with Crippen LogP contribution in [-0.4, -0.2) is 24.2 Å². The van der Waals surface area contributed by atoms with Crippen LogP contribution in [0.3, 0.4) is 0 Å². The third kappa shape index (κ3) is 1.79. The van der Waals surface area contributed by atoms with Crippen LogP contribution < -0.4 is 14.8 Å². The molecule has 2 aromatic carbocycles. The molecule has 5 nitrogen and oxygen atoms in total.